The van der Waals surface area contributed by atoms with Gasteiger partial charge in [0.05, 0.1) is 4.92 Å². The number of amides is 1. The molecule has 1 aliphatic heterocycles. The molecule has 2 rings (SSSR count). The van der Waals surface area contributed by atoms with Crippen LogP contribution in [-0.2, 0) is 4.74 Å². The molecular formula is C18H25N3O4. The van der Waals surface area contributed by atoms with E-state index in [-0.39, 0.29) is 16.7 Å². The third kappa shape index (κ3) is 4.95. The lowest BCUT2D eigenvalue weighted by Crippen LogP contribution is -2.39. The summed E-state index contributed by atoms with van der Waals surface area (Å²) in [6.07, 6.45) is 2.34. The summed E-state index contributed by atoms with van der Waals surface area (Å²) in [6, 6.07) is 5.08. The zero-order valence-corrected chi connectivity index (χ0v) is 15.2. The summed E-state index contributed by atoms with van der Waals surface area (Å²) < 4.78 is 5.38. The summed E-state index contributed by atoms with van der Waals surface area (Å²) in [6.45, 7) is 9.07. The number of anilines is 1. The highest BCUT2D eigenvalue weighted by Crippen LogP contribution is 2.31. The quantitative estimate of drug-likeness (QED) is 0.656. The number of ether oxygens (including phenoxy) is 1. The van der Waals surface area contributed by atoms with E-state index in [1.165, 1.54) is 6.07 Å². The molecule has 1 N–H and O–H groups in total. The monoisotopic (exact) mass is 347 g/mol. The molecule has 0 fully saturated rings. The average molecular weight is 347 g/mol. The van der Waals surface area contributed by atoms with Gasteiger partial charge in [-0.3, -0.25) is 10.1 Å². The molecule has 1 amide bonds. The molecule has 136 valence electrons. The fourth-order valence-corrected chi connectivity index (χ4v) is 2.65. The Hall–Kier alpha value is -2.57. The number of carbonyl (C=O) groups is 1. The molecule has 25 heavy (non-hydrogen) atoms. The number of nitro benzene ring substituents is 1. The van der Waals surface area contributed by atoms with E-state index in [0.717, 1.165) is 11.1 Å². The second-order valence-electron chi connectivity index (χ2n) is 6.93. The smallest absolute Gasteiger partial charge is 0.410 e. The topological polar surface area (TPSA) is 84.7 Å². The molecular weight excluding hydrogens is 322 g/mol. The van der Waals surface area contributed by atoms with Crippen LogP contribution in [0.4, 0.5) is 16.2 Å². The van der Waals surface area contributed by atoms with Crippen LogP contribution in [0.1, 0.15) is 39.7 Å². The van der Waals surface area contributed by atoms with E-state index in [1.807, 2.05) is 33.8 Å². The van der Waals surface area contributed by atoms with Gasteiger partial charge in [0.1, 0.15) is 11.3 Å². The van der Waals surface area contributed by atoms with Crippen LogP contribution >= 0.6 is 0 Å². The van der Waals surface area contributed by atoms with E-state index in [2.05, 4.69) is 5.32 Å². The van der Waals surface area contributed by atoms with Gasteiger partial charge in [0.25, 0.3) is 5.69 Å². The first-order chi connectivity index (χ1) is 11.7. The number of hydrogen-bond acceptors (Lipinski definition) is 5. The lowest BCUT2D eigenvalue weighted by atomic mass is 9.98. The summed E-state index contributed by atoms with van der Waals surface area (Å²) >= 11 is 0. The Morgan fingerprint density at radius 3 is 2.64 bits per heavy atom. The van der Waals surface area contributed by atoms with Crippen molar-refractivity contribution in [3.05, 3.63) is 40.0 Å². The van der Waals surface area contributed by atoms with Crippen LogP contribution in [0.25, 0.3) is 5.57 Å². The molecule has 1 heterocycles. The molecule has 7 heteroatoms. The first kappa shape index (κ1) is 18.8. The van der Waals surface area contributed by atoms with E-state index < -0.39 is 5.60 Å². The molecule has 0 saturated carbocycles. The number of nitrogens with zero attached hydrogens (tertiary/aromatic N) is 2. The van der Waals surface area contributed by atoms with Gasteiger partial charge in [0.2, 0.25) is 0 Å². The molecule has 1 aromatic carbocycles. The summed E-state index contributed by atoms with van der Waals surface area (Å²) in [5.41, 5.74) is 2.08. The molecule has 0 radical (unpaired) electrons. The van der Waals surface area contributed by atoms with Gasteiger partial charge in [0.15, 0.2) is 0 Å². The van der Waals surface area contributed by atoms with Crippen molar-refractivity contribution in [2.75, 3.05) is 25.0 Å². The molecule has 7 nitrogen and oxygen atoms in total. The number of hydrogen-bond donors (Lipinski definition) is 1. The Morgan fingerprint density at radius 2 is 2.12 bits per heavy atom. The molecule has 1 aliphatic rings. The van der Waals surface area contributed by atoms with Crippen LogP contribution < -0.4 is 5.32 Å². The molecule has 0 aliphatic carbocycles. The van der Waals surface area contributed by atoms with Gasteiger partial charge in [-0.25, -0.2) is 4.79 Å². The second-order valence-corrected chi connectivity index (χ2v) is 6.93. The Balaban J connectivity index is 2.14. The summed E-state index contributed by atoms with van der Waals surface area (Å²) in [5.74, 6) is 0. The average Bonchev–Trinajstić information content (AvgIpc) is 2.53. The fraction of sp³-hybridized carbons (Fsp3) is 0.500. The minimum absolute atomic E-state index is 0.0670. The highest BCUT2D eigenvalue weighted by Gasteiger charge is 2.24. The van der Waals surface area contributed by atoms with Gasteiger partial charge < -0.3 is 15.0 Å². The lowest BCUT2D eigenvalue weighted by Gasteiger charge is -2.29. The van der Waals surface area contributed by atoms with Crippen molar-refractivity contribution < 1.29 is 14.5 Å². The van der Waals surface area contributed by atoms with Crippen LogP contribution in [0, 0.1) is 10.1 Å². The Labute approximate surface area is 147 Å². The maximum absolute atomic E-state index is 12.1. The SMILES string of the molecule is CCNc1cc(C2=CCN(C(=O)OC(C)(C)C)CC2)ccc1[N+](=O)[O-]. The van der Waals surface area contributed by atoms with E-state index in [4.69, 9.17) is 4.74 Å². The highest BCUT2D eigenvalue weighted by molar-refractivity contribution is 5.76. The lowest BCUT2D eigenvalue weighted by molar-refractivity contribution is -0.384. The van der Waals surface area contributed by atoms with Crippen LogP contribution in [0.5, 0.6) is 0 Å². The summed E-state index contributed by atoms with van der Waals surface area (Å²) in [4.78, 5) is 24.5. The third-order valence-electron chi connectivity index (χ3n) is 3.79. The predicted molar refractivity (Wildman–Crippen MR) is 97.7 cm³/mol. The Kier molecular flexibility index (Phi) is 5.66. The van der Waals surface area contributed by atoms with Crippen LogP contribution in [0.3, 0.4) is 0 Å². The molecule has 0 unspecified atom stereocenters. The predicted octanol–water partition coefficient (Wildman–Crippen LogP) is 4.05. The van der Waals surface area contributed by atoms with Gasteiger partial charge in [-0.1, -0.05) is 6.08 Å². The van der Waals surface area contributed by atoms with E-state index in [9.17, 15) is 14.9 Å². The van der Waals surface area contributed by atoms with Crippen molar-refractivity contribution in [3.8, 4) is 0 Å². The van der Waals surface area contributed by atoms with Gasteiger partial charge in [-0.05, 0) is 57.4 Å². The van der Waals surface area contributed by atoms with E-state index in [1.54, 1.807) is 17.0 Å². The molecule has 0 saturated heterocycles. The van der Waals surface area contributed by atoms with E-state index >= 15 is 0 Å². The second kappa shape index (κ2) is 7.55. The van der Waals surface area contributed by atoms with Gasteiger partial charge in [-0.15, -0.1) is 0 Å². The maximum Gasteiger partial charge on any atom is 0.410 e. The molecule has 1 aromatic rings. The van der Waals surface area contributed by atoms with Crippen molar-refractivity contribution in [2.24, 2.45) is 0 Å². The minimum atomic E-state index is -0.514. The van der Waals surface area contributed by atoms with Crippen LogP contribution in [0.15, 0.2) is 24.3 Å². The van der Waals surface area contributed by atoms with Gasteiger partial charge in [-0.2, -0.15) is 0 Å². The van der Waals surface area contributed by atoms with Crippen molar-refractivity contribution >= 4 is 23.0 Å². The first-order valence-corrected chi connectivity index (χ1v) is 8.41. The molecule has 0 atom stereocenters. The van der Waals surface area contributed by atoms with Gasteiger partial charge in [0, 0.05) is 25.7 Å². The molecule has 0 bridgehead atoms. The third-order valence-corrected chi connectivity index (χ3v) is 3.79. The highest BCUT2D eigenvalue weighted by atomic mass is 16.6. The fourth-order valence-electron chi connectivity index (χ4n) is 2.65. The first-order valence-electron chi connectivity index (χ1n) is 8.41. The normalized spacial score (nSPS) is 14.7. The number of nitrogens with one attached hydrogen (secondary N) is 1. The minimum Gasteiger partial charge on any atom is -0.444 e. The number of rotatable bonds is 4. The van der Waals surface area contributed by atoms with Crippen LogP contribution in [0.2, 0.25) is 0 Å². The number of benzene rings is 1. The number of carbonyl (C=O) groups excluding carboxylic acids is 1. The standard InChI is InChI=1S/C18H25N3O4/c1-5-19-15-12-14(6-7-16(15)21(23)24)13-8-10-20(11-9-13)17(22)25-18(2,3)4/h6-8,12,19H,5,9-11H2,1-4H3. The van der Waals surface area contributed by atoms with E-state index in [0.29, 0.717) is 31.7 Å². The van der Waals surface area contributed by atoms with Crippen molar-refractivity contribution in [3.63, 3.8) is 0 Å². The Morgan fingerprint density at radius 1 is 1.40 bits per heavy atom. The number of nitro groups is 1. The Bertz CT molecular complexity index is 692. The molecule has 0 spiro atoms. The maximum atomic E-state index is 12.1. The van der Waals surface area contributed by atoms with Crippen molar-refractivity contribution in [1.29, 1.82) is 0 Å². The van der Waals surface area contributed by atoms with Crippen molar-refractivity contribution in [2.45, 2.75) is 39.7 Å². The van der Waals surface area contributed by atoms with Crippen LogP contribution in [-0.4, -0.2) is 41.2 Å². The zero-order chi connectivity index (χ0) is 18.6. The van der Waals surface area contributed by atoms with Gasteiger partial charge >= 0.3 is 6.09 Å². The van der Waals surface area contributed by atoms with Crippen molar-refractivity contribution in [1.82, 2.24) is 4.90 Å². The summed E-state index contributed by atoms with van der Waals surface area (Å²) in [7, 11) is 0. The zero-order valence-electron chi connectivity index (χ0n) is 15.2. The largest absolute Gasteiger partial charge is 0.444 e. The summed E-state index contributed by atoms with van der Waals surface area (Å²) in [5, 5.41) is 14.1. The molecule has 0 aromatic heterocycles.